The van der Waals surface area contributed by atoms with E-state index in [0.717, 1.165) is 46.2 Å². The highest BCUT2D eigenvalue weighted by Gasteiger charge is 2.25. The fourth-order valence-corrected chi connectivity index (χ4v) is 5.13. The normalized spacial score (nSPS) is 17.3. The van der Waals surface area contributed by atoms with Crippen LogP contribution in [0.5, 0.6) is 0 Å². The summed E-state index contributed by atoms with van der Waals surface area (Å²) in [6.45, 7) is 5.12. The third kappa shape index (κ3) is 4.59. The molecule has 0 radical (unpaired) electrons. The van der Waals surface area contributed by atoms with Crippen molar-refractivity contribution in [2.24, 2.45) is 0 Å². The zero-order valence-electron chi connectivity index (χ0n) is 20.1. The Hall–Kier alpha value is -4.08. The lowest BCUT2D eigenvalue weighted by atomic mass is 10.1. The number of para-hydroxylation sites is 1. The van der Waals surface area contributed by atoms with Gasteiger partial charge in [0.2, 0.25) is 5.95 Å². The van der Waals surface area contributed by atoms with E-state index >= 15 is 0 Å². The van der Waals surface area contributed by atoms with E-state index in [0.29, 0.717) is 29.8 Å². The lowest BCUT2D eigenvalue weighted by molar-refractivity contribution is 0.197. The van der Waals surface area contributed by atoms with Gasteiger partial charge in [-0.1, -0.05) is 35.9 Å². The van der Waals surface area contributed by atoms with E-state index in [4.69, 9.17) is 16.6 Å². The van der Waals surface area contributed by atoms with Crippen LogP contribution in [0.25, 0.3) is 22.2 Å². The fraction of sp³-hybridized carbons (Fsp3) is 0.222. The molecule has 0 spiro atoms. The molecule has 2 aliphatic heterocycles. The minimum absolute atomic E-state index is 0.0141. The molecule has 2 amide bonds. The molecule has 37 heavy (non-hydrogen) atoms. The minimum Gasteiger partial charge on any atom is -0.360 e. The standard InChI is InChI=1S/C27H27ClN8O/c1-2-22-19-13-17(7-8-24(19)35-34-22)32-27(37)36-11-9-16(10-12-36)31-26-30-15-21(28)25(33-26)20-14-29-23-6-4-3-5-18(20)23/h2-8,13-16,22,29,34-35H,1,9-12H2,(H,32,37)(H,30,31,33). The number of H-pyrrole nitrogens is 1. The van der Waals surface area contributed by atoms with Crippen LogP contribution in [0.3, 0.4) is 0 Å². The van der Waals surface area contributed by atoms with E-state index in [1.54, 1.807) is 6.20 Å². The molecule has 1 saturated heterocycles. The molecular formula is C27H27ClN8O. The Labute approximate surface area is 219 Å². The van der Waals surface area contributed by atoms with Gasteiger partial charge in [0, 0.05) is 53.0 Å². The van der Waals surface area contributed by atoms with Crippen LogP contribution in [0, 0.1) is 0 Å². The first-order valence-corrected chi connectivity index (χ1v) is 12.7. The molecule has 188 valence electrons. The molecule has 4 heterocycles. The summed E-state index contributed by atoms with van der Waals surface area (Å²) >= 11 is 6.47. The van der Waals surface area contributed by atoms with E-state index in [1.165, 1.54) is 0 Å². The second kappa shape index (κ2) is 9.76. The SMILES string of the molecule is C=CC1NNc2ccc(NC(=O)N3CCC(Nc4ncc(Cl)c(-c5c[nH]c6ccccc56)n4)CC3)cc21. The molecule has 6 rings (SSSR count). The quantitative estimate of drug-likeness (QED) is 0.223. The average molecular weight is 515 g/mol. The van der Waals surface area contributed by atoms with Gasteiger partial charge in [-0.2, -0.15) is 0 Å². The second-order valence-corrected chi connectivity index (χ2v) is 9.67. The number of benzene rings is 2. The number of anilines is 3. The maximum Gasteiger partial charge on any atom is 0.321 e. The van der Waals surface area contributed by atoms with Crippen LogP contribution in [0.2, 0.25) is 5.02 Å². The summed E-state index contributed by atoms with van der Waals surface area (Å²) in [5.74, 6) is 0.532. The summed E-state index contributed by atoms with van der Waals surface area (Å²) in [5, 5.41) is 8.02. The number of carbonyl (C=O) groups is 1. The van der Waals surface area contributed by atoms with Crippen molar-refractivity contribution in [1.29, 1.82) is 0 Å². The molecule has 2 aromatic heterocycles. The van der Waals surface area contributed by atoms with Gasteiger partial charge < -0.3 is 25.9 Å². The first-order chi connectivity index (χ1) is 18.1. The summed E-state index contributed by atoms with van der Waals surface area (Å²) in [7, 11) is 0. The molecule has 5 N–H and O–H groups in total. The number of hydrogen-bond acceptors (Lipinski definition) is 6. The number of amides is 2. The van der Waals surface area contributed by atoms with Crippen LogP contribution < -0.4 is 21.5 Å². The number of aromatic nitrogens is 3. The molecule has 0 bridgehead atoms. The van der Waals surface area contributed by atoms with Gasteiger partial charge in [-0.25, -0.2) is 20.2 Å². The van der Waals surface area contributed by atoms with Gasteiger partial charge in [-0.3, -0.25) is 0 Å². The Morgan fingerprint density at radius 3 is 2.86 bits per heavy atom. The van der Waals surface area contributed by atoms with Crippen LogP contribution in [0.15, 0.2) is 67.5 Å². The lowest BCUT2D eigenvalue weighted by Gasteiger charge is -2.32. The number of likely N-dealkylation sites (tertiary alicyclic amines) is 1. The van der Waals surface area contributed by atoms with E-state index < -0.39 is 0 Å². The topological polar surface area (TPSA) is 110 Å². The molecule has 10 heteroatoms. The third-order valence-electron chi connectivity index (χ3n) is 6.94. The number of hydrogen-bond donors (Lipinski definition) is 5. The van der Waals surface area contributed by atoms with Gasteiger partial charge in [0.1, 0.15) is 0 Å². The van der Waals surface area contributed by atoms with E-state index in [1.807, 2.05) is 59.6 Å². The van der Waals surface area contributed by atoms with Gasteiger partial charge in [0.15, 0.2) is 0 Å². The van der Waals surface area contributed by atoms with Crippen LogP contribution in [-0.2, 0) is 0 Å². The summed E-state index contributed by atoms with van der Waals surface area (Å²) in [5.41, 5.74) is 11.7. The molecule has 9 nitrogen and oxygen atoms in total. The average Bonchev–Trinajstić information content (AvgIpc) is 3.54. The number of halogens is 1. The molecule has 1 fully saturated rings. The fourth-order valence-electron chi connectivity index (χ4n) is 4.94. The highest BCUT2D eigenvalue weighted by atomic mass is 35.5. The Bertz CT molecular complexity index is 1480. The van der Waals surface area contributed by atoms with E-state index in [-0.39, 0.29) is 18.1 Å². The van der Waals surface area contributed by atoms with Gasteiger partial charge in [0.25, 0.3) is 0 Å². The summed E-state index contributed by atoms with van der Waals surface area (Å²) < 4.78 is 0. The monoisotopic (exact) mass is 514 g/mol. The van der Waals surface area contributed by atoms with E-state index in [9.17, 15) is 4.79 Å². The number of rotatable bonds is 5. The van der Waals surface area contributed by atoms with E-state index in [2.05, 4.69) is 38.0 Å². The number of nitrogens with one attached hydrogen (secondary N) is 5. The Kier molecular flexibility index (Phi) is 6.15. The summed E-state index contributed by atoms with van der Waals surface area (Å²) in [6.07, 6.45) is 6.97. The van der Waals surface area contributed by atoms with Crippen molar-refractivity contribution in [2.45, 2.75) is 24.9 Å². The molecule has 0 saturated carbocycles. The van der Waals surface area contributed by atoms with Crippen molar-refractivity contribution >= 4 is 45.9 Å². The second-order valence-electron chi connectivity index (χ2n) is 9.26. The van der Waals surface area contributed by atoms with Gasteiger partial charge >= 0.3 is 6.03 Å². The number of carbonyl (C=O) groups excluding carboxylic acids is 1. The summed E-state index contributed by atoms with van der Waals surface area (Å²) in [6, 6.07) is 13.9. The Morgan fingerprint density at radius 2 is 2.03 bits per heavy atom. The molecular weight excluding hydrogens is 488 g/mol. The minimum atomic E-state index is -0.100. The predicted molar refractivity (Wildman–Crippen MR) is 148 cm³/mol. The number of fused-ring (bicyclic) bond motifs is 2. The van der Waals surface area contributed by atoms with Crippen molar-refractivity contribution < 1.29 is 4.79 Å². The summed E-state index contributed by atoms with van der Waals surface area (Å²) in [4.78, 5) is 27.1. The highest BCUT2D eigenvalue weighted by Crippen LogP contribution is 2.33. The van der Waals surface area contributed by atoms with Crippen LogP contribution in [0.1, 0.15) is 24.4 Å². The Morgan fingerprint density at radius 1 is 1.19 bits per heavy atom. The van der Waals surface area contributed by atoms with Crippen molar-refractivity contribution in [3.05, 3.63) is 78.1 Å². The predicted octanol–water partition coefficient (Wildman–Crippen LogP) is 5.54. The number of aromatic amines is 1. The Balaban J connectivity index is 1.08. The van der Waals surface area contributed by atoms with Gasteiger partial charge in [-0.15, -0.1) is 6.58 Å². The first kappa shape index (κ1) is 23.3. The zero-order valence-corrected chi connectivity index (χ0v) is 20.8. The van der Waals surface area contributed by atoms with Crippen molar-refractivity contribution in [2.75, 3.05) is 29.1 Å². The van der Waals surface area contributed by atoms with Crippen molar-refractivity contribution in [3.63, 3.8) is 0 Å². The zero-order chi connectivity index (χ0) is 25.4. The van der Waals surface area contributed by atoms with Crippen LogP contribution in [0.4, 0.5) is 22.1 Å². The molecule has 2 aliphatic rings. The van der Waals surface area contributed by atoms with Crippen molar-refractivity contribution in [3.8, 4) is 11.3 Å². The first-order valence-electron chi connectivity index (χ1n) is 12.3. The van der Waals surface area contributed by atoms with Crippen molar-refractivity contribution in [1.82, 2.24) is 25.3 Å². The number of nitrogens with zero attached hydrogens (tertiary/aromatic N) is 3. The molecule has 0 aliphatic carbocycles. The molecule has 1 atom stereocenters. The molecule has 1 unspecified atom stereocenters. The maximum absolute atomic E-state index is 12.9. The largest absolute Gasteiger partial charge is 0.360 e. The molecule has 4 aromatic rings. The number of hydrazine groups is 1. The van der Waals surface area contributed by atoms with Gasteiger partial charge in [-0.05, 0) is 37.1 Å². The maximum atomic E-state index is 12.9. The van der Waals surface area contributed by atoms with Gasteiger partial charge in [0.05, 0.1) is 28.6 Å². The lowest BCUT2D eigenvalue weighted by Crippen LogP contribution is -2.44. The smallest absolute Gasteiger partial charge is 0.321 e. The molecule has 2 aromatic carbocycles. The van der Waals surface area contributed by atoms with Crippen LogP contribution in [-0.4, -0.2) is 45.0 Å². The van der Waals surface area contributed by atoms with Crippen LogP contribution >= 0.6 is 11.6 Å². The third-order valence-corrected chi connectivity index (χ3v) is 7.22. The number of piperidine rings is 1. The highest BCUT2D eigenvalue weighted by molar-refractivity contribution is 6.33. The number of urea groups is 1.